The maximum Gasteiger partial charge on any atom is 0.237 e. The first-order valence-electron chi connectivity index (χ1n) is 15.0. The Morgan fingerprint density at radius 2 is 1.40 bits per heavy atom. The van der Waals surface area contributed by atoms with Crippen LogP contribution in [-0.2, 0) is 15.0 Å². The van der Waals surface area contributed by atoms with Crippen molar-refractivity contribution in [1.29, 1.82) is 0 Å². The van der Waals surface area contributed by atoms with Crippen LogP contribution in [-0.4, -0.2) is 22.5 Å². The number of hydrogen-bond acceptors (Lipinski definition) is 7. The average molecular weight is 689 g/mol. The van der Waals surface area contributed by atoms with Crippen LogP contribution in [0.2, 0.25) is 0 Å². The molecule has 1 saturated carbocycles. The summed E-state index contributed by atoms with van der Waals surface area (Å²) in [6.45, 7) is 0. The Labute approximate surface area is 276 Å². The minimum atomic E-state index is -1.68. The van der Waals surface area contributed by atoms with Crippen LogP contribution < -0.4 is 0 Å². The summed E-state index contributed by atoms with van der Waals surface area (Å²) in [5.74, 6) is -6.20. The standard InChI is InChI=1S/C36H20F4O4S3/c37-14-6-18-20(29(41)31(43)26(18)23(39)8-14)10-16-12-22-33(45-16)35-28(36(22)4-2-1-3-5-36)34-25(47-35)13-17(46-34)11-21-19-7-15(38)9-24(40)27(19)32(44)30(21)42/h6-13,31,43H,1-5H2/b20-10-,21-11-. The number of fused-ring (bicyclic) bond motifs is 9. The normalized spacial score (nSPS) is 21.0. The van der Waals surface area contributed by atoms with Crippen LogP contribution in [0.5, 0.6) is 0 Å². The number of aliphatic hydroxyl groups excluding tert-OH is 1. The molecule has 47 heavy (non-hydrogen) atoms. The SMILES string of the molecule is O=C1C(=O)c2c(F)cc(F)cc2/C1=C/c1cc2sc3c(c2s1)C1(CCCCC1)c1cc(/C=C2\C(=O)C(O)c4c(F)cc(F)cc42)sc1-3. The number of hydrogen-bond donors (Lipinski definition) is 1. The Kier molecular flexibility index (Phi) is 6.19. The molecular formula is C36H20F4O4S3. The van der Waals surface area contributed by atoms with Crippen molar-refractivity contribution in [2.75, 3.05) is 0 Å². The van der Waals surface area contributed by atoms with E-state index in [1.807, 2.05) is 6.07 Å². The van der Waals surface area contributed by atoms with Crippen LogP contribution >= 0.6 is 34.0 Å². The van der Waals surface area contributed by atoms with Gasteiger partial charge in [-0.25, -0.2) is 17.6 Å². The first-order chi connectivity index (χ1) is 22.6. The van der Waals surface area contributed by atoms with Crippen LogP contribution in [0.3, 0.4) is 0 Å². The molecule has 0 radical (unpaired) electrons. The first kappa shape index (κ1) is 29.1. The van der Waals surface area contributed by atoms with Gasteiger partial charge in [-0.1, -0.05) is 19.3 Å². The average Bonchev–Trinajstić information content (AvgIpc) is 3.83. The van der Waals surface area contributed by atoms with Crippen molar-refractivity contribution in [1.82, 2.24) is 0 Å². The van der Waals surface area contributed by atoms with Gasteiger partial charge in [0, 0.05) is 64.7 Å². The van der Waals surface area contributed by atoms with E-state index in [1.165, 1.54) is 28.2 Å². The van der Waals surface area contributed by atoms with Crippen LogP contribution in [0.4, 0.5) is 17.6 Å². The second kappa shape index (κ2) is 9.99. The van der Waals surface area contributed by atoms with E-state index in [2.05, 4.69) is 6.07 Å². The highest BCUT2D eigenvalue weighted by Gasteiger charge is 2.48. The number of halogens is 4. The summed E-state index contributed by atoms with van der Waals surface area (Å²) in [6, 6.07) is 7.38. The lowest BCUT2D eigenvalue weighted by Crippen LogP contribution is -2.27. The number of thiophene rings is 3. The molecule has 4 aliphatic carbocycles. The van der Waals surface area contributed by atoms with Gasteiger partial charge < -0.3 is 5.11 Å². The Balaban J connectivity index is 1.17. The Hall–Kier alpha value is -4.03. The third-order valence-electron chi connectivity index (χ3n) is 9.81. The first-order valence-corrected chi connectivity index (χ1v) is 17.5. The van der Waals surface area contributed by atoms with Crippen LogP contribution in [0.25, 0.3) is 42.5 Å². The minimum absolute atomic E-state index is 0.0222. The summed E-state index contributed by atoms with van der Waals surface area (Å²) in [5, 5.41) is 10.5. The van der Waals surface area contributed by atoms with Gasteiger partial charge in [-0.3, -0.25) is 14.4 Å². The molecule has 5 aromatic rings. The van der Waals surface area contributed by atoms with Crippen LogP contribution in [0.1, 0.15) is 86.1 Å². The smallest absolute Gasteiger partial charge is 0.237 e. The van der Waals surface area contributed by atoms with E-state index in [0.717, 1.165) is 73.8 Å². The zero-order valence-electron chi connectivity index (χ0n) is 24.1. The zero-order chi connectivity index (χ0) is 32.5. The van der Waals surface area contributed by atoms with Crippen molar-refractivity contribution < 1.29 is 37.1 Å². The summed E-state index contributed by atoms with van der Waals surface area (Å²) in [6.07, 6.45) is 6.46. The fourth-order valence-electron chi connectivity index (χ4n) is 7.84. The van der Waals surface area contributed by atoms with Gasteiger partial charge in [-0.2, -0.15) is 0 Å². The third-order valence-corrected chi connectivity index (χ3v) is 13.4. The van der Waals surface area contributed by atoms with Gasteiger partial charge in [0.1, 0.15) is 29.4 Å². The highest BCUT2D eigenvalue weighted by Crippen LogP contribution is 2.64. The predicted octanol–water partition coefficient (Wildman–Crippen LogP) is 9.27. The van der Waals surface area contributed by atoms with E-state index >= 15 is 0 Å². The maximum absolute atomic E-state index is 14.5. The fraction of sp³-hybridized carbons (Fsp3) is 0.194. The number of carbonyl (C=O) groups is 3. The molecule has 2 aromatic carbocycles. The lowest BCUT2D eigenvalue weighted by molar-refractivity contribution is -0.120. The van der Waals surface area contributed by atoms with Crippen LogP contribution in [0.15, 0.2) is 36.4 Å². The summed E-state index contributed by atoms with van der Waals surface area (Å²) in [7, 11) is 0. The van der Waals surface area contributed by atoms with Crippen molar-refractivity contribution in [3.05, 3.63) is 103 Å². The molecule has 11 heteroatoms. The molecule has 1 unspecified atom stereocenters. The molecule has 3 heterocycles. The number of carbonyl (C=O) groups excluding carboxylic acids is 3. The Morgan fingerprint density at radius 1 is 0.723 bits per heavy atom. The molecule has 3 aromatic heterocycles. The van der Waals surface area contributed by atoms with Crippen molar-refractivity contribution in [3.63, 3.8) is 0 Å². The largest absolute Gasteiger partial charge is 0.380 e. The minimum Gasteiger partial charge on any atom is -0.380 e. The number of aliphatic hydroxyl groups is 1. The Morgan fingerprint density at radius 3 is 2.17 bits per heavy atom. The van der Waals surface area contributed by atoms with Gasteiger partial charge in [0.15, 0.2) is 5.78 Å². The topological polar surface area (TPSA) is 71.4 Å². The molecule has 1 N–H and O–H groups in total. The van der Waals surface area contributed by atoms with Gasteiger partial charge in [0.2, 0.25) is 11.6 Å². The van der Waals surface area contributed by atoms with Crippen molar-refractivity contribution >= 4 is 84.1 Å². The van der Waals surface area contributed by atoms with E-state index in [9.17, 15) is 37.1 Å². The second-order valence-electron chi connectivity index (χ2n) is 12.4. The molecule has 4 nitrogen and oxygen atoms in total. The predicted molar refractivity (Wildman–Crippen MR) is 175 cm³/mol. The second-order valence-corrected chi connectivity index (χ2v) is 15.6. The van der Waals surface area contributed by atoms with E-state index in [-0.39, 0.29) is 33.3 Å². The van der Waals surface area contributed by atoms with Crippen molar-refractivity contribution in [2.45, 2.75) is 43.6 Å². The molecule has 0 amide bonds. The fourth-order valence-corrected chi connectivity index (χ4v) is 12.0. The molecule has 4 aliphatic rings. The zero-order valence-corrected chi connectivity index (χ0v) is 26.6. The summed E-state index contributed by atoms with van der Waals surface area (Å²) in [5.41, 5.74) is 1.58. The van der Waals surface area contributed by atoms with E-state index < -0.39 is 52.3 Å². The molecule has 234 valence electrons. The molecule has 1 spiro atoms. The number of rotatable bonds is 2. The molecule has 0 saturated heterocycles. The molecule has 0 bridgehead atoms. The van der Waals surface area contributed by atoms with Gasteiger partial charge in [-0.15, -0.1) is 34.0 Å². The van der Waals surface area contributed by atoms with Crippen molar-refractivity contribution in [2.24, 2.45) is 0 Å². The summed E-state index contributed by atoms with van der Waals surface area (Å²) < 4.78 is 59.3. The molecule has 0 aliphatic heterocycles. The Bertz CT molecular complexity index is 2370. The number of benzene rings is 2. The van der Waals surface area contributed by atoms with Gasteiger partial charge >= 0.3 is 0 Å². The van der Waals surface area contributed by atoms with Gasteiger partial charge in [0.25, 0.3) is 0 Å². The van der Waals surface area contributed by atoms with E-state index in [0.29, 0.717) is 17.0 Å². The van der Waals surface area contributed by atoms with Gasteiger partial charge in [0.05, 0.1) is 15.1 Å². The van der Waals surface area contributed by atoms with Gasteiger partial charge in [-0.05, 0) is 60.4 Å². The van der Waals surface area contributed by atoms with Crippen LogP contribution in [0, 0.1) is 23.3 Å². The molecule has 1 atom stereocenters. The lowest BCUT2D eigenvalue weighted by atomic mass is 9.68. The highest BCUT2D eigenvalue weighted by molar-refractivity contribution is 7.32. The monoisotopic (exact) mass is 688 g/mol. The molecule has 9 rings (SSSR count). The number of Topliss-reactive ketones (excluding diaryl/α,β-unsaturated/α-hetero) is 3. The maximum atomic E-state index is 14.5. The summed E-state index contributed by atoms with van der Waals surface area (Å²) in [4.78, 5) is 42.0. The lowest BCUT2D eigenvalue weighted by Gasteiger charge is -2.35. The summed E-state index contributed by atoms with van der Waals surface area (Å²) >= 11 is 4.59. The highest BCUT2D eigenvalue weighted by atomic mass is 32.1. The quantitative estimate of drug-likeness (QED) is 0.114. The molecule has 1 fully saturated rings. The number of ketones is 3. The number of allylic oxidation sites excluding steroid dienone is 1. The van der Waals surface area contributed by atoms with E-state index in [1.54, 1.807) is 23.5 Å². The third kappa shape index (κ3) is 3.97. The molecular weight excluding hydrogens is 669 g/mol. The van der Waals surface area contributed by atoms with E-state index in [4.69, 9.17) is 0 Å². The van der Waals surface area contributed by atoms with Crippen molar-refractivity contribution in [3.8, 4) is 9.75 Å².